The molecule has 2 nitrogen and oxygen atoms in total. The topological polar surface area (TPSA) is 15.3 Å². The lowest BCUT2D eigenvalue weighted by molar-refractivity contribution is 0.252. The van der Waals surface area contributed by atoms with Crippen LogP contribution in [0, 0.1) is 0 Å². The van der Waals surface area contributed by atoms with Gasteiger partial charge in [-0.3, -0.25) is 0 Å². The Morgan fingerprint density at radius 3 is 2.55 bits per heavy atom. The second-order valence-corrected chi connectivity index (χ2v) is 4.04. The van der Waals surface area contributed by atoms with Crippen LogP contribution in [0.1, 0.15) is 25.7 Å². The van der Waals surface area contributed by atoms with Crippen LogP contribution in [-0.4, -0.2) is 29.1 Å². The number of nitrogens with one attached hydrogen (secondary N) is 1. The first-order valence-electron chi connectivity index (χ1n) is 4.26. The quantitative estimate of drug-likeness (QED) is 0.548. The molecule has 1 saturated carbocycles. The summed E-state index contributed by atoms with van der Waals surface area (Å²) >= 11 is 5.17. The molecule has 62 valence electrons. The van der Waals surface area contributed by atoms with Gasteiger partial charge >= 0.3 is 0 Å². The Balaban J connectivity index is 2.19. The Labute approximate surface area is 73.0 Å². The lowest BCUT2D eigenvalue weighted by Gasteiger charge is -2.30. The highest BCUT2D eigenvalue weighted by Gasteiger charge is 2.42. The monoisotopic (exact) mass is 170 g/mol. The van der Waals surface area contributed by atoms with Crippen molar-refractivity contribution >= 4 is 17.3 Å². The highest BCUT2D eigenvalue weighted by Crippen LogP contribution is 2.36. The number of hydrogen-bond donors (Lipinski definition) is 1. The van der Waals surface area contributed by atoms with Crippen molar-refractivity contribution in [1.29, 1.82) is 0 Å². The van der Waals surface area contributed by atoms with Crippen molar-refractivity contribution in [2.45, 2.75) is 31.2 Å². The summed E-state index contributed by atoms with van der Waals surface area (Å²) in [6.07, 6.45) is 5.37. The molecule has 2 aliphatic rings. The van der Waals surface area contributed by atoms with Crippen molar-refractivity contribution < 1.29 is 0 Å². The Morgan fingerprint density at radius 2 is 2.09 bits per heavy atom. The van der Waals surface area contributed by atoms with E-state index in [0.717, 1.165) is 11.7 Å². The van der Waals surface area contributed by atoms with Crippen molar-refractivity contribution in [3.8, 4) is 0 Å². The summed E-state index contributed by atoms with van der Waals surface area (Å²) in [4.78, 5) is 2.26. The van der Waals surface area contributed by atoms with Crippen LogP contribution in [0.25, 0.3) is 0 Å². The standard InChI is InChI=1S/C8H14N2S/c1-10-7(11)9-6-8(10)4-2-3-5-8/h2-6H2,1H3,(H,9,11). The lowest BCUT2D eigenvalue weighted by atomic mass is 9.98. The third-order valence-corrected chi connectivity index (χ3v) is 3.54. The second kappa shape index (κ2) is 2.34. The minimum Gasteiger partial charge on any atom is -0.360 e. The SMILES string of the molecule is CN1C(=S)NCC12CCCC2. The molecule has 3 heteroatoms. The minimum atomic E-state index is 0.400. The number of likely N-dealkylation sites (N-methyl/N-ethyl adjacent to an activating group) is 1. The van der Waals surface area contributed by atoms with E-state index >= 15 is 0 Å². The third-order valence-electron chi connectivity index (χ3n) is 3.12. The molecule has 0 aromatic rings. The van der Waals surface area contributed by atoms with Gasteiger partial charge in [0.1, 0.15) is 0 Å². The highest BCUT2D eigenvalue weighted by atomic mass is 32.1. The summed E-state index contributed by atoms with van der Waals surface area (Å²) in [6, 6.07) is 0. The smallest absolute Gasteiger partial charge is 0.169 e. The van der Waals surface area contributed by atoms with Gasteiger partial charge in [-0.05, 0) is 25.1 Å². The van der Waals surface area contributed by atoms with Crippen LogP contribution in [0.4, 0.5) is 0 Å². The Kier molecular flexibility index (Phi) is 1.56. The van der Waals surface area contributed by atoms with E-state index in [-0.39, 0.29) is 0 Å². The number of rotatable bonds is 0. The van der Waals surface area contributed by atoms with Crippen molar-refractivity contribution in [2.24, 2.45) is 0 Å². The van der Waals surface area contributed by atoms with Gasteiger partial charge in [0.25, 0.3) is 0 Å². The molecular weight excluding hydrogens is 156 g/mol. The van der Waals surface area contributed by atoms with Crippen LogP contribution in [-0.2, 0) is 0 Å². The van der Waals surface area contributed by atoms with E-state index in [1.807, 2.05) is 0 Å². The molecule has 1 saturated heterocycles. The van der Waals surface area contributed by atoms with Gasteiger partial charge in [-0.15, -0.1) is 0 Å². The van der Waals surface area contributed by atoms with Crippen molar-refractivity contribution in [1.82, 2.24) is 10.2 Å². The molecule has 2 fully saturated rings. The Morgan fingerprint density at radius 1 is 1.45 bits per heavy atom. The summed E-state index contributed by atoms with van der Waals surface area (Å²) < 4.78 is 0. The molecular formula is C8H14N2S. The van der Waals surface area contributed by atoms with E-state index in [0.29, 0.717) is 5.54 Å². The molecule has 11 heavy (non-hydrogen) atoms. The predicted molar refractivity (Wildman–Crippen MR) is 49.6 cm³/mol. The maximum atomic E-state index is 5.17. The zero-order valence-electron chi connectivity index (χ0n) is 6.89. The largest absolute Gasteiger partial charge is 0.360 e. The van der Waals surface area contributed by atoms with Crippen LogP contribution < -0.4 is 5.32 Å². The number of hydrogen-bond acceptors (Lipinski definition) is 1. The van der Waals surface area contributed by atoms with Crippen molar-refractivity contribution in [2.75, 3.05) is 13.6 Å². The van der Waals surface area contributed by atoms with E-state index in [4.69, 9.17) is 12.2 Å². The zero-order valence-corrected chi connectivity index (χ0v) is 7.71. The summed E-state index contributed by atoms with van der Waals surface area (Å²) in [7, 11) is 2.12. The average Bonchev–Trinajstić information content (AvgIpc) is 2.56. The van der Waals surface area contributed by atoms with E-state index in [2.05, 4.69) is 17.3 Å². The van der Waals surface area contributed by atoms with E-state index in [9.17, 15) is 0 Å². The van der Waals surface area contributed by atoms with Crippen LogP contribution in [0.3, 0.4) is 0 Å². The zero-order chi connectivity index (χ0) is 7.90. The molecule has 0 radical (unpaired) electrons. The van der Waals surface area contributed by atoms with E-state index in [1.165, 1.54) is 25.7 Å². The van der Waals surface area contributed by atoms with Crippen molar-refractivity contribution in [3.63, 3.8) is 0 Å². The summed E-state index contributed by atoms with van der Waals surface area (Å²) in [5.41, 5.74) is 0.400. The summed E-state index contributed by atoms with van der Waals surface area (Å²) in [5.74, 6) is 0. The molecule has 1 aliphatic carbocycles. The number of thiocarbonyl (C=S) groups is 1. The maximum absolute atomic E-state index is 5.17. The van der Waals surface area contributed by atoms with E-state index in [1.54, 1.807) is 0 Å². The maximum Gasteiger partial charge on any atom is 0.169 e. The average molecular weight is 170 g/mol. The van der Waals surface area contributed by atoms with Crippen LogP contribution in [0.2, 0.25) is 0 Å². The van der Waals surface area contributed by atoms with Crippen LogP contribution in [0.5, 0.6) is 0 Å². The first-order chi connectivity index (χ1) is 5.25. The lowest BCUT2D eigenvalue weighted by Crippen LogP contribution is -2.41. The Hall–Kier alpha value is -0.310. The van der Waals surface area contributed by atoms with Gasteiger partial charge < -0.3 is 10.2 Å². The van der Waals surface area contributed by atoms with Gasteiger partial charge in [0, 0.05) is 13.6 Å². The molecule has 0 aromatic heterocycles. The highest BCUT2D eigenvalue weighted by molar-refractivity contribution is 7.80. The summed E-state index contributed by atoms with van der Waals surface area (Å²) in [5, 5.41) is 4.20. The van der Waals surface area contributed by atoms with E-state index < -0.39 is 0 Å². The normalized spacial score (nSPS) is 28.1. The van der Waals surface area contributed by atoms with Gasteiger partial charge in [0.05, 0.1) is 5.54 Å². The summed E-state index contributed by atoms with van der Waals surface area (Å²) in [6.45, 7) is 1.07. The van der Waals surface area contributed by atoms with Gasteiger partial charge in [-0.25, -0.2) is 0 Å². The fraction of sp³-hybridized carbons (Fsp3) is 0.875. The van der Waals surface area contributed by atoms with Crippen molar-refractivity contribution in [3.05, 3.63) is 0 Å². The van der Waals surface area contributed by atoms with Crippen LogP contribution in [0.15, 0.2) is 0 Å². The fourth-order valence-corrected chi connectivity index (χ4v) is 2.50. The van der Waals surface area contributed by atoms with Gasteiger partial charge in [0.15, 0.2) is 5.11 Å². The molecule has 0 bridgehead atoms. The molecule has 0 aromatic carbocycles. The van der Waals surface area contributed by atoms with Gasteiger partial charge in [-0.1, -0.05) is 12.8 Å². The predicted octanol–water partition coefficient (Wildman–Crippen LogP) is 1.12. The van der Waals surface area contributed by atoms with Gasteiger partial charge in [0.2, 0.25) is 0 Å². The molecule has 1 heterocycles. The first kappa shape index (κ1) is 7.35. The minimum absolute atomic E-state index is 0.400. The Bertz CT molecular complexity index is 185. The van der Waals surface area contributed by atoms with Gasteiger partial charge in [-0.2, -0.15) is 0 Å². The second-order valence-electron chi connectivity index (χ2n) is 3.65. The molecule has 1 spiro atoms. The third kappa shape index (κ3) is 0.940. The molecule has 1 aliphatic heterocycles. The molecule has 0 amide bonds. The molecule has 2 rings (SSSR count). The molecule has 0 atom stereocenters. The molecule has 1 N–H and O–H groups in total. The number of nitrogens with zero attached hydrogens (tertiary/aromatic N) is 1. The first-order valence-corrected chi connectivity index (χ1v) is 4.67. The molecule has 0 unspecified atom stereocenters. The fourth-order valence-electron chi connectivity index (χ4n) is 2.24. The van der Waals surface area contributed by atoms with Crippen LogP contribution >= 0.6 is 12.2 Å².